The Kier molecular flexibility index (Phi) is 6.65. The fourth-order valence-corrected chi connectivity index (χ4v) is 4.26. The number of carbonyl (C=O) groups excluding carboxylic acids is 1. The second kappa shape index (κ2) is 9.77. The first-order valence-electron chi connectivity index (χ1n) is 9.95. The largest absolute Gasteiger partial charge is 0.370 e. The van der Waals surface area contributed by atoms with Crippen molar-refractivity contribution in [3.63, 3.8) is 0 Å². The van der Waals surface area contributed by atoms with Crippen LogP contribution >= 0.6 is 22.9 Å². The third-order valence-corrected chi connectivity index (χ3v) is 6.15. The van der Waals surface area contributed by atoms with Gasteiger partial charge in [-0.3, -0.25) is 10.1 Å². The first kappa shape index (κ1) is 21.1. The molecule has 4 nitrogen and oxygen atoms in total. The number of benzene rings is 3. The van der Waals surface area contributed by atoms with Crippen molar-refractivity contribution in [3.8, 4) is 0 Å². The van der Waals surface area contributed by atoms with Crippen LogP contribution in [0, 0.1) is 6.92 Å². The van der Waals surface area contributed by atoms with Crippen molar-refractivity contribution in [2.75, 3.05) is 10.6 Å². The molecule has 0 radical (unpaired) electrons. The summed E-state index contributed by atoms with van der Waals surface area (Å²) in [6, 6.07) is 24.9. The van der Waals surface area contributed by atoms with Gasteiger partial charge in [0.25, 0.3) is 5.91 Å². The lowest BCUT2D eigenvalue weighted by molar-refractivity contribution is -0.117. The molecule has 0 unspecified atom stereocenters. The molecule has 1 heterocycles. The van der Waals surface area contributed by atoms with Crippen LogP contribution in [0.3, 0.4) is 0 Å². The molecule has 0 fully saturated rings. The molecule has 0 aliphatic rings. The van der Waals surface area contributed by atoms with E-state index in [1.54, 1.807) is 6.20 Å². The number of rotatable bonds is 7. The number of aryl methyl sites for hydroxylation is 1. The summed E-state index contributed by atoms with van der Waals surface area (Å²) in [5, 5.41) is 7.61. The van der Waals surface area contributed by atoms with Crippen molar-refractivity contribution < 1.29 is 4.79 Å². The van der Waals surface area contributed by atoms with Gasteiger partial charge in [0.05, 0.1) is 0 Å². The van der Waals surface area contributed by atoms with Crippen LogP contribution in [-0.2, 0) is 11.2 Å². The number of aromatic nitrogens is 1. The Morgan fingerprint density at radius 1 is 1.00 bits per heavy atom. The van der Waals surface area contributed by atoms with Gasteiger partial charge in [-0.2, -0.15) is 0 Å². The number of nitrogens with zero attached hydrogens (tertiary/aromatic N) is 1. The Morgan fingerprint density at radius 2 is 1.71 bits per heavy atom. The van der Waals surface area contributed by atoms with Crippen LogP contribution in [0.1, 0.15) is 27.6 Å². The smallest absolute Gasteiger partial charge is 0.253 e. The first-order valence-corrected chi connectivity index (χ1v) is 11.1. The average Bonchev–Trinajstić information content (AvgIpc) is 3.22. The number of amides is 1. The van der Waals surface area contributed by atoms with Gasteiger partial charge in [-0.05, 0) is 36.2 Å². The zero-order valence-electron chi connectivity index (χ0n) is 17.0. The van der Waals surface area contributed by atoms with E-state index >= 15 is 0 Å². The molecule has 31 heavy (non-hydrogen) atoms. The summed E-state index contributed by atoms with van der Waals surface area (Å²) < 4.78 is 0. The van der Waals surface area contributed by atoms with Gasteiger partial charge in [0.1, 0.15) is 6.04 Å². The molecule has 2 N–H and O–H groups in total. The highest BCUT2D eigenvalue weighted by molar-refractivity contribution is 7.15. The molecular formula is C25H22ClN3OS. The van der Waals surface area contributed by atoms with E-state index in [1.807, 2.05) is 85.8 Å². The molecule has 0 aliphatic carbocycles. The Labute approximate surface area is 190 Å². The zero-order valence-corrected chi connectivity index (χ0v) is 18.6. The maximum atomic E-state index is 13.2. The van der Waals surface area contributed by atoms with E-state index in [9.17, 15) is 4.79 Å². The number of hydrogen-bond acceptors (Lipinski definition) is 4. The molecule has 0 aliphatic heterocycles. The second-order valence-electron chi connectivity index (χ2n) is 7.24. The van der Waals surface area contributed by atoms with Gasteiger partial charge in [0.15, 0.2) is 5.13 Å². The fraction of sp³-hybridized carbons (Fsp3) is 0.120. The summed E-state index contributed by atoms with van der Waals surface area (Å²) >= 11 is 7.72. The summed E-state index contributed by atoms with van der Waals surface area (Å²) in [5.41, 5.74) is 3.97. The van der Waals surface area contributed by atoms with Crippen molar-refractivity contribution >= 4 is 39.7 Å². The summed E-state index contributed by atoms with van der Waals surface area (Å²) in [7, 11) is 0. The van der Waals surface area contributed by atoms with Crippen molar-refractivity contribution in [2.24, 2.45) is 0 Å². The van der Waals surface area contributed by atoms with E-state index in [0.717, 1.165) is 26.7 Å². The molecule has 6 heteroatoms. The van der Waals surface area contributed by atoms with Gasteiger partial charge in [0, 0.05) is 28.2 Å². The van der Waals surface area contributed by atoms with Crippen molar-refractivity contribution in [2.45, 2.75) is 19.4 Å². The third kappa shape index (κ3) is 5.51. The van der Waals surface area contributed by atoms with Crippen LogP contribution in [0.5, 0.6) is 0 Å². The fourth-order valence-electron chi connectivity index (χ4n) is 3.22. The summed E-state index contributed by atoms with van der Waals surface area (Å²) in [6.45, 7) is 2.04. The SMILES string of the molecule is Cc1ccc(N[C@H](C(=O)Nc2ncc(Cc3ccccc3Cl)s2)c2ccccc2)cc1. The molecule has 1 atom stereocenters. The molecular weight excluding hydrogens is 426 g/mol. The summed E-state index contributed by atoms with van der Waals surface area (Å²) in [4.78, 5) is 18.6. The topological polar surface area (TPSA) is 54.0 Å². The van der Waals surface area contributed by atoms with E-state index in [4.69, 9.17) is 11.6 Å². The van der Waals surface area contributed by atoms with E-state index in [0.29, 0.717) is 11.6 Å². The van der Waals surface area contributed by atoms with Gasteiger partial charge in [-0.25, -0.2) is 4.98 Å². The maximum Gasteiger partial charge on any atom is 0.253 e. The third-order valence-electron chi connectivity index (χ3n) is 4.86. The molecule has 1 aromatic heterocycles. The second-order valence-corrected chi connectivity index (χ2v) is 8.77. The normalized spacial score (nSPS) is 11.7. The van der Waals surface area contributed by atoms with Gasteiger partial charge >= 0.3 is 0 Å². The minimum Gasteiger partial charge on any atom is -0.370 e. The van der Waals surface area contributed by atoms with E-state index in [2.05, 4.69) is 15.6 Å². The van der Waals surface area contributed by atoms with E-state index in [-0.39, 0.29) is 5.91 Å². The summed E-state index contributed by atoms with van der Waals surface area (Å²) in [6.07, 6.45) is 2.46. The van der Waals surface area contributed by atoms with Crippen LogP contribution in [0.15, 0.2) is 85.1 Å². The van der Waals surface area contributed by atoms with Gasteiger partial charge in [-0.1, -0.05) is 77.8 Å². The van der Waals surface area contributed by atoms with E-state index in [1.165, 1.54) is 16.9 Å². The monoisotopic (exact) mass is 447 g/mol. The van der Waals surface area contributed by atoms with Crippen LogP contribution in [0.4, 0.5) is 10.8 Å². The van der Waals surface area contributed by atoms with Crippen LogP contribution in [0.25, 0.3) is 0 Å². The molecule has 0 bridgehead atoms. The number of anilines is 2. The van der Waals surface area contributed by atoms with Crippen molar-refractivity contribution in [1.29, 1.82) is 0 Å². The molecule has 4 rings (SSSR count). The molecule has 0 saturated heterocycles. The molecule has 3 aromatic carbocycles. The number of hydrogen-bond donors (Lipinski definition) is 2. The number of nitrogens with one attached hydrogen (secondary N) is 2. The predicted molar refractivity (Wildman–Crippen MR) is 129 cm³/mol. The van der Waals surface area contributed by atoms with Gasteiger partial charge < -0.3 is 5.32 Å². The van der Waals surface area contributed by atoms with Crippen LogP contribution in [-0.4, -0.2) is 10.9 Å². The van der Waals surface area contributed by atoms with Crippen molar-refractivity contribution in [1.82, 2.24) is 4.98 Å². The Hall–Kier alpha value is -3.15. The standard InChI is InChI=1S/C25H22ClN3OS/c1-17-11-13-20(14-12-17)28-23(18-7-3-2-4-8-18)24(30)29-25-27-16-21(31-25)15-19-9-5-6-10-22(19)26/h2-14,16,23,28H,15H2,1H3,(H,27,29,30)/t23-/m0/s1. The Bertz CT molecular complexity index is 1160. The highest BCUT2D eigenvalue weighted by atomic mass is 35.5. The minimum atomic E-state index is -0.542. The van der Waals surface area contributed by atoms with Gasteiger partial charge in [-0.15, -0.1) is 11.3 Å². The lowest BCUT2D eigenvalue weighted by Gasteiger charge is -2.19. The van der Waals surface area contributed by atoms with Gasteiger partial charge in [0.2, 0.25) is 0 Å². The summed E-state index contributed by atoms with van der Waals surface area (Å²) in [5.74, 6) is -0.162. The van der Waals surface area contributed by atoms with Crippen LogP contribution < -0.4 is 10.6 Å². The van der Waals surface area contributed by atoms with Crippen molar-refractivity contribution in [3.05, 3.63) is 112 Å². The highest BCUT2D eigenvalue weighted by Gasteiger charge is 2.21. The van der Waals surface area contributed by atoms with E-state index < -0.39 is 6.04 Å². The first-order chi connectivity index (χ1) is 15.1. The lowest BCUT2D eigenvalue weighted by Crippen LogP contribution is -2.27. The quantitative estimate of drug-likeness (QED) is 0.340. The number of halogens is 1. The molecule has 4 aromatic rings. The molecule has 156 valence electrons. The number of thiazole rings is 1. The number of carbonyl (C=O) groups is 1. The predicted octanol–water partition coefficient (Wildman–Crippen LogP) is 6.49. The molecule has 1 amide bonds. The lowest BCUT2D eigenvalue weighted by atomic mass is 10.1. The van der Waals surface area contributed by atoms with Crippen LogP contribution in [0.2, 0.25) is 5.02 Å². The average molecular weight is 448 g/mol. The molecule has 0 spiro atoms. The molecule has 0 saturated carbocycles. The zero-order chi connectivity index (χ0) is 21.6. The minimum absolute atomic E-state index is 0.162. The Balaban J connectivity index is 1.50. The highest BCUT2D eigenvalue weighted by Crippen LogP contribution is 2.27. The Morgan fingerprint density at radius 3 is 2.45 bits per heavy atom. The maximum absolute atomic E-state index is 13.2.